The molecule has 4 heteroatoms. The van der Waals surface area contributed by atoms with Gasteiger partial charge in [-0.25, -0.2) is 4.98 Å². The van der Waals surface area contributed by atoms with Crippen LogP contribution in [0, 0.1) is 11.3 Å². The van der Waals surface area contributed by atoms with Crippen molar-refractivity contribution in [3.8, 4) is 6.07 Å². The summed E-state index contributed by atoms with van der Waals surface area (Å²) in [7, 11) is 0. The molecule has 0 bridgehead atoms. The molecule has 0 aliphatic heterocycles. The molecule has 0 spiro atoms. The van der Waals surface area contributed by atoms with Gasteiger partial charge in [-0.2, -0.15) is 5.26 Å². The molecule has 2 N–H and O–H groups in total. The van der Waals surface area contributed by atoms with Gasteiger partial charge < -0.3 is 5.73 Å². The highest BCUT2D eigenvalue weighted by atomic mass is 35.5. The van der Waals surface area contributed by atoms with Gasteiger partial charge in [0.25, 0.3) is 0 Å². The molecule has 0 aliphatic carbocycles. The van der Waals surface area contributed by atoms with Crippen LogP contribution in [-0.2, 0) is 0 Å². The number of hydrogen-bond donors (Lipinski definition) is 1. The van der Waals surface area contributed by atoms with Crippen LogP contribution >= 0.6 is 11.6 Å². The summed E-state index contributed by atoms with van der Waals surface area (Å²) in [6.07, 6.45) is 0. The Labute approximate surface area is 63.1 Å². The molecular formula is C6H4ClN3. The zero-order valence-electron chi connectivity index (χ0n) is 5.00. The monoisotopic (exact) mass is 153 g/mol. The molecule has 10 heavy (non-hydrogen) atoms. The van der Waals surface area contributed by atoms with Crippen molar-refractivity contribution in [2.75, 3.05) is 5.73 Å². The Morgan fingerprint density at radius 1 is 1.60 bits per heavy atom. The number of nitriles is 1. The maximum Gasteiger partial charge on any atom is 0.132 e. The van der Waals surface area contributed by atoms with Crippen molar-refractivity contribution < 1.29 is 0 Å². The first-order chi connectivity index (χ1) is 4.72. The van der Waals surface area contributed by atoms with E-state index >= 15 is 0 Å². The quantitative estimate of drug-likeness (QED) is 0.570. The normalized spacial score (nSPS) is 8.80. The first kappa shape index (κ1) is 6.84. The van der Waals surface area contributed by atoms with E-state index in [1.54, 1.807) is 0 Å². The van der Waals surface area contributed by atoms with E-state index in [2.05, 4.69) is 4.98 Å². The number of anilines is 1. The first-order valence-electron chi connectivity index (χ1n) is 2.55. The second-order valence-corrected chi connectivity index (χ2v) is 2.10. The van der Waals surface area contributed by atoms with Gasteiger partial charge in [0.15, 0.2) is 0 Å². The molecule has 0 radical (unpaired) electrons. The van der Waals surface area contributed by atoms with Crippen molar-refractivity contribution in [3.05, 3.63) is 22.8 Å². The van der Waals surface area contributed by atoms with E-state index in [0.717, 1.165) is 0 Å². The molecule has 0 unspecified atom stereocenters. The number of nitrogens with two attached hydrogens (primary N) is 1. The Hall–Kier alpha value is -1.27. The fraction of sp³-hybridized carbons (Fsp3) is 0. The van der Waals surface area contributed by atoms with E-state index in [-0.39, 0.29) is 11.0 Å². The smallest absolute Gasteiger partial charge is 0.132 e. The van der Waals surface area contributed by atoms with Crippen LogP contribution in [0.3, 0.4) is 0 Å². The topological polar surface area (TPSA) is 62.7 Å². The van der Waals surface area contributed by atoms with E-state index in [1.165, 1.54) is 12.1 Å². The fourth-order valence-corrected chi connectivity index (χ4v) is 0.797. The van der Waals surface area contributed by atoms with Crippen molar-refractivity contribution in [2.24, 2.45) is 0 Å². The van der Waals surface area contributed by atoms with Gasteiger partial charge in [0, 0.05) is 0 Å². The summed E-state index contributed by atoms with van der Waals surface area (Å²) in [6, 6.07) is 4.82. The molecule has 0 fully saturated rings. The Morgan fingerprint density at radius 2 is 2.30 bits per heavy atom. The summed E-state index contributed by atoms with van der Waals surface area (Å²) < 4.78 is 0. The molecule has 0 saturated heterocycles. The third-order valence-electron chi connectivity index (χ3n) is 0.943. The van der Waals surface area contributed by atoms with Crippen LogP contribution in [0.25, 0.3) is 0 Å². The zero-order chi connectivity index (χ0) is 7.56. The summed E-state index contributed by atoms with van der Waals surface area (Å²) in [6.45, 7) is 0. The second-order valence-electron chi connectivity index (χ2n) is 1.72. The summed E-state index contributed by atoms with van der Waals surface area (Å²) in [5, 5.41) is 8.64. The average molecular weight is 154 g/mol. The first-order valence-corrected chi connectivity index (χ1v) is 2.93. The van der Waals surface area contributed by atoms with Crippen molar-refractivity contribution in [2.45, 2.75) is 0 Å². The number of halogens is 1. The van der Waals surface area contributed by atoms with E-state index in [9.17, 15) is 0 Å². The highest BCUT2D eigenvalue weighted by molar-refractivity contribution is 6.29. The van der Waals surface area contributed by atoms with Gasteiger partial charge in [-0.15, -0.1) is 0 Å². The third-order valence-corrected chi connectivity index (χ3v) is 1.14. The molecule has 1 heterocycles. The van der Waals surface area contributed by atoms with Gasteiger partial charge in [-0.3, -0.25) is 0 Å². The largest absolute Gasteiger partial charge is 0.384 e. The molecule has 0 atom stereocenters. The van der Waals surface area contributed by atoms with Gasteiger partial charge in [-0.05, 0) is 12.1 Å². The van der Waals surface area contributed by atoms with Crippen LogP contribution in [0.5, 0.6) is 0 Å². The lowest BCUT2D eigenvalue weighted by molar-refractivity contribution is 1.32. The SMILES string of the molecule is N#Cc1cc(N)nc(Cl)c1. The van der Waals surface area contributed by atoms with E-state index in [4.69, 9.17) is 22.6 Å². The molecule has 0 saturated carbocycles. The number of nitrogen functional groups attached to an aromatic ring is 1. The Balaban J connectivity index is 3.22. The van der Waals surface area contributed by atoms with Gasteiger partial charge in [0.1, 0.15) is 11.0 Å². The average Bonchev–Trinajstić information content (AvgIpc) is 1.85. The third kappa shape index (κ3) is 1.36. The predicted octanol–water partition coefficient (Wildman–Crippen LogP) is 1.19. The lowest BCUT2D eigenvalue weighted by atomic mass is 10.3. The van der Waals surface area contributed by atoms with Gasteiger partial charge >= 0.3 is 0 Å². The molecule has 0 aromatic carbocycles. The Kier molecular flexibility index (Phi) is 1.74. The maximum atomic E-state index is 8.39. The van der Waals surface area contributed by atoms with Crippen LogP contribution < -0.4 is 5.73 Å². The molecule has 1 aromatic heterocycles. The van der Waals surface area contributed by atoms with Crippen molar-refractivity contribution in [1.29, 1.82) is 5.26 Å². The maximum absolute atomic E-state index is 8.39. The van der Waals surface area contributed by atoms with E-state index in [1.807, 2.05) is 6.07 Å². The minimum absolute atomic E-state index is 0.247. The minimum Gasteiger partial charge on any atom is -0.384 e. The molecule has 1 aromatic rings. The van der Waals surface area contributed by atoms with Crippen LogP contribution in [0.1, 0.15) is 5.56 Å². The number of pyridine rings is 1. The van der Waals surface area contributed by atoms with Crippen molar-refractivity contribution in [1.82, 2.24) is 4.98 Å². The second kappa shape index (κ2) is 2.54. The summed E-state index contributed by atoms with van der Waals surface area (Å²) in [5.41, 5.74) is 5.72. The van der Waals surface area contributed by atoms with Gasteiger partial charge in [0.2, 0.25) is 0 Å². The number of rotatable bonds is 0. The zero-order valence-corrected chi connectivity index (χ0v) is 5.76. The van der Waals surface area contributed by atoms with E-state index < -0.39 is 0 Å². The van der Waals surface area contributed by atoms with E-state index in [0.29, 0.717) is 5.56 Å². The molecule has 1 rings (SSSR count). The lowest BCUT2D eigenvalue weighted by Crippen LogP contribution is -1.90. The summed E-state index contributed by atoms with van der Waals surface area (Å²) in [5.74, 6) is 0.268. The van der Waals surface area contributed by atoms with Crippen molar-refractivity contribution in [3.63, 3.8) is 0 Å². The number of hydrogen-bond acceptors (Lipinski definition) is 3. The molecule has 3 nitrogen and oxygen atoms in total. The Morgan fingerprint density at radius 3 is 2.80 bits per heavy atom. The van der Waals surface area contributed by atoms with Crippen LogP contribution in [0.15, 0.2) is 12.1 Å². The summed E-state index contributed by atoms with van der Waals surface area (Å²) in [4.78, 5) is 3.67. The highest BCUT2D eigenvalue weighted by Gasteiger charge is 1.95. The van der Waals surface area contributed by atoms with Crippen LogP contribution in [0.2, 0.25) is 5.15 Å². The fourth-order valence-electron chi connectivity index (χ4n) is 0.582. The van der Waals surface area contributed by atoms with Crippen molar-refractivity contribution >= 4 is 17.4 Å². The van der Waals surface area contributed by atoms with Crippen LogP contribution in [-0.4, -0.2) is 4.98 Å². The number of aromatic nitrogens is 1. The number of nitrogens with zero attached hydrogens (tertiary/aromatic N) is 2. The molecule has 50 valence electrons. The van der Waals surface area contributed by atoms with Gasteiger partial charge in [-0.1, -0.05) is 11.6 Å². The molecule has 0 aliphatic rings. The molecular weight excluding hydrogens is 150 g/mol. The highest BCUT2D eigenvalue weighted by Crippen LogP contribution is 2.10. The van der Waals surface area contributed by atoms with Crippen LogP contribution in [0.4, 0.5) is 5.82 Å². The van der Waals surface area contributed by atoms with Gasteiger partial charge in [0.05, 0.1) is 11.6 Å². The summed E-state index contributed by atoms with van der Waals surface area (Å²) >= 11 is 5.49. The Bertz CT molecular complexity index is 269. The molecule has 0 amide bonds. The standard InChI is InChI=1S/C6H4ClN3/c7-5-1-4(3-8)2-6(9)10-5/h1-2H,(H2,9,10). The predicted molar refractivity (Wildman–Crippen MR) is 38.4 cm³/mol. The minimum atomic E-state index is 0.247. The lowest BCUT2D eigenvalue weighted by Gasteiger charge is -1.92.